The zero-order chi connectivity index (χ0) is 6.27. The molecule has 0 unspecified atom stereocenters. The number of rotatable bonds is 0. The number of fused-ring (bicyclic) bond motifs is 3. The lowest BCUT2D eigenvalue weighted by Crippen LogP contribution is -2.08. The van der Waals surface area contributed by atoms with Gasteiger partial charge in [-0.2, -0.15) is 0 Å². The van der Waals surface area contributed by atoms with Gasteiger partial charge >= 0.3 is 0 Å². The molecule has 1 heteroatoms. The van der Waals surface area contributed by atoms with Crippen molar-refractivity contribution in [2.24, 2.45) is 0 Å². The Kier molecular flexibility index (Phi) is 0.758. The second-order valence-electron chi connectivity index (χ2n) is 2.30. The fraction of sp³-hybridized carbons (Fsp3) is 0.125. The smallest absolute Gasteiger partial charge is 0.167 e. The maximum atomic E-state index is 10.9. The van der Waals surface area contributed by atoms with Crippen molar-refractivity contribution in [3.8, 4) is 0 Å². The van der Waals surface area contributed by atoms with Gasteiger partial charge in [-0.25, -0.2) is 0 Å². The molecule has 0 aromatic heterocycles. The number of benzene rings is 1. The summed E-state index contributed by atoms with van der Waals surface area (Å²) in [5.74, 6) is 0.259. The van der Waals surface area contributed by atoms with Gasteiger partial charge in [0.05, 0.1) is 0 Å². The third kappa shape index (κ3) is 0.578. The molecular formula is C8H6O. The van der Waals surface area contributed by atoms with E-state index in [9.17, 15) is 4.79 Å². The van der Waals surface area contributed by atoms with E-state index in [1.165, 1.54) is 0 Å². The summed E-state index contributed by atoms with van der Waals surface area (Å²) in [4.78, 5) is 10.9. The van der Waals surface area contributed by atoms with Crippen LogP contribution >= 0.6 is 0 Å². The Morgan fingerprint density at radius 1 is 1.11 bits per heavy atom. The Bertz CT molecular complexity index is 246. The minimum atomic E-state index is 0.259. The van der Waals surface area contributed by atoms with Crippen LogP contribution in [0.1, 0.15) is 15.9 Å². The molecule has 0 aliphatic heterocycles. The molecule has 2 aliphatic rings. The molecule has 0 radical (unpaired) electrons. The van der Waals surface area contributed by atoms with Crippen molar-refractivity contribution in [2.75, 3.05) is 0 Å². The molecule has 44 valence electrons. The first-order valence-corrected chi connectivity index (χ1v) is 2.98. The van der Waals surface area contributed by atoms with E-state index in [0.717, 1.165) is 11.1 Å². The van der Waals surface area contributed by atoms with Crippen molar-refractivity contribution >= 4 is 5.78 Å². The van der Waals surface area contributed by atoms with Crippen LogP contribution in [0.5, 0.6) is 0 Å². The number of hydrogen-bond donors (Lipinski definition) is 0. The van der Waals surface area contributed by atoms with Crippen LogP contribution in [-0.2, 0) is 6.42 Å². The van der Waals surface area contributed by atoms with Crippen LogP contribution in [0.2, 0.25) is 0 Å². The molecule has 0 saturated carbocycles. The number of ketones is 1. The predicted octanol–water partition coefficient (Wildman–Crippen LogP) is 1.43. The number of carbonyl (C=O) groups is 1. The van der Waals surface area contributed by atoms with Crippen molar-refractivity contribution in [1.29, 1.82) is 0 Å². The molecule has 3 rings (SSSR count). The quantitative estimate of drug-likeness (QED) is 0.503. The molecule has 0 heterocycles. The molecular weight excluding hydrogens is 112 g/mol. The second-order valence-corrected chi connectivity index (χ2v) is 2.30. The topological polar surface area (TPSA) is 17.1 Å². The monoisotopic (exact) mass is 118 g/mol. The molecule has 0 fully saturated rings. The van der Waals surface area contributed by atoms with Crippen LogP contribution in [0.4, 0.5) is 0 Å². The van der Waals surface area contributed by atoms with Crippen LogP contribution < -0.4 is 0 Å². The van der Waals surface area contributed by atoms with Gasteiger partial charge in [-0.05, 0) is 5.56 Å². The summed E-state index contributed by atoms with van der Waals surface area (Å²) in [5.41, 5.74) is 1.99. The van der Waals surface area contributed by atoms with E-state index in [0.29, 0.717) is 6.42 Å². The number of carbonyl (C=O) groups excluding carboxylic acids is 1. The molecule has 0 spiro atoms. The van der Waals surface area contributed by atoms with Gasteiger partial charge in [-0.1, -0.05) is 24.3 Å². The number of Topliss-reactive ketones (excluding diaryl/α,β-unsaturated/α-hetero) is 1. The minimum absolute atomic E-state index is 0.259. The lowest BCUT2D eigenvalue weighted by molar-refractivity contribution is 0.0989. The summed E-state index contributed by atoms with van der Waals surface area (Å²) >= 11 is 0. The third-order valence-electron chi connectivity index (χ3n) is 1.64. The predicted molar refractivity (Wildman–Crippen MR) is 34.5 cm³/mol. The van der Waals surface area contributed by atoms with Crippen LogP contribution in [0.25, 0.3) is 0 Å². The molecule has 0 N–H and O–H groups in total. The minimum Gasteiger partial charge on any atom is -0.294 e. The van der Waals surface area contributed by atoms with Crippen molar-refractivity contribution in [2.45, 2.75) is 6.42 Å². The fourth-order valence-corrected chi connectivity index (χ4v) is 1.10. The summed E-state index contributed by atoms with van der Waals surface area (Å²) in [6.45, 7) is 0. The normalized spacial score (nSPS) is 14.4. The molecule has 0 atom stereocenters. The van der Waals surface area contributed by atoms with Crippen molar-refractivity contribution < 1.29 is 4.79 Å². The van der Waals surface area contributed by atoms with Gasteiger partial charge in [0.15, 0.2) is 5.78 Å². The first-order chi connectivity index (χ1) is 4.36. The highest BCUT2D eigenvalue weighted by Gasteiger charge is 2.11. The van der Waals surface area contributed by atoms with Crippen molar-refractivity contribution in [3.05, 3.63) is 35.4 Å². The maximum absolute atomic E-state index is 10.9. The van der Waals surface area contributed by atoms with Gasteiger partial charge in [-0.3, -0.25) is 4.79 Å². The maximum Gasteiger partial charge on any atom is 0.167 e. The van der Waals surface area contributed by atoms with Gasteiger partial charge in [-0.15, -0.1) is 0 Å². The lowest BCUT2D eigenvalue weighted by Gasteiger charge is -2.08. The Hall–Kier alpha value is -1.11. The summed E-state index contributed by atoms with van der Waals surface area (Å²) in [6, 6.07) is 7.75. The zero-order valence-corrected chi connectivity index (χ0v) is 4.92. The summed E-state index contributed by atoms with van der Waals surface area (Å²) in [7, 11) is 0. The van der Waals surface area contributed by atoms with E-state index >= 15 is 0 Å². The summed E-state index contributed by atoms with van der Waals surface area (Å²) in [5, 5.41) is 0. The first kappa shape index (κ1) is 4.74. The standard InChI is InChI=1S/C8H6O/c9-8-5-6-1-3-7(8)4-2-6/h1-4H,5H2. The molecule has 9 heavy (non-hydrogen) atoms. The fourth-order valence-electron chi connectivity index (χ4n) is 1.10. The Morgan fingerprint density at radius 3 is 2.00 bits per heavy atom. The Balaban J connectivity index is 2.72. The summed E-state index contributed by atoms with van der Waals surface area (Å²) < 4.78 is 0. The lowest BCUT2D eigenvalue weighted by atomic mass is 9.95. The van der Waals surface area contributed by atoms with E-state index < -0.39 is 0 Å². The van der Waals surface area contributed by atoms with Gasteiger partial charge in [0.1, 0.15) is 0 Å². The molecule has 0 saturated heterocycles. The van der Waals surface area contributed by atoms with E-state index in [-0.39, 0.29) is 5.78 Å². The second kappa shape index (κ2) is 1.44. The van der Waals surface area contributed by atoms with Crippen molar-refractivity contribution in [1.82, 2.24) is 0 Å². The Morgan fingerprint density at radius 2 is 1.78 bits per heavy atom. The summed E-state index contributed by atoms with van der Waals surface area (Å²) in [6.07, 6.45) is 0.613. The molecule has 1 aromatic rings. The van der Waals surface area contributed by atoms with Gasteiger partial charge in [0.2, 0.25) is 0 Å². The molecule has 2 bridgehead atoms. The van der Waals surface area contributed by atoms with Crippen LogP contribution in [0.15, 0.2) is 24.3 Å². The van der Waals surface area contributed by atoms with Gasteiger partial charge in [0.25, 0.3) is 0 Å². The molecule has 1 nitrogen and oxygen atoms in total. The average molecular weight is 118 g/mol. The highest BCUT2D eigenvalue weighted by molar-refractivity contribution is 5.99. The van der Waals surface area contributed by atoms with Crippen LogP contribution in [-0.4, -0.2) is 5.78 Å². The van der Waals surface area contributed by atoms with Crippen LogP contribution in [0.3, 0.4) is 0 Å². The first-order valence-electron chi connectivity index (χ1n) is 2.98. The van der Waals surface area contributed by atoms with E-state index in [4.69, 9.17) is 0 Å². The van der Waals surface area contributed by atoms with Gasteiger partial charge < -0.3 is 0 Å². The van der Waals surface area contributed by atoms with Crippen molar-refractivity contribution in [3.63, 3.8) is 0 Å². The zero-order valence-electron chi connectivity index (χ0n) is 4.92. The van der Waals surface area contributed by atoms with Gasteiger partial charge in [0, 0.05) is 12.0 Å². The van der Waals surface area contributed by atoms with E-state index in [1.807, 2.05) is 24.3 Å². The number of hydrogen-bond acceptors (Lipinski definition) is 1. The highest BCUT2D eigenvalue weighted by atomic mass is 16.1. The molecule has 1 aromatic carbocycles. The molecule has 0 amide bonds. The van der Waals surface area contributed by atoms with Crippen LogP contribution in [0, 0.1) is 0 Å². The highest BCUT2D eigenvalue weighted by Crippen LogP contribution is 2.14. The third-order valence-corrected chi connectivity index (χ3v) is 1.64. The van der Waals surface area contributed by atoms with E-state index in [2.05, 4.69) is 0 Å². The average Bonchev–Trinajstić information content (AvgIpc) is 1.90. The van der Waals surface area contributed by atoms with E-state index in [1.54, 1.807) is 0 Å². The molecule has 2 aliphatic carbocycles. The SMILES string of the molecule is O=C1Cc2ccc1cc2. The largest absolute Gasteiger partial charge is 0.294 e. The Labute approximate surface area is 53.3 Å².